The Morgan fingerprint density at radius 2 is 1.93 bits per heavy atom. The molecule has 3 aromatic rings. The highest BCUT2D eigenvalue weighted by Crippen LogP contribution is 2.37. The summed E-state index contributed by atoms with van der Waals surface area (Å²) in [6.07, 6.45) is 5.58. The van der Waals surface area contributed by atoms with Crippen LogP contribution in [0.2, 0.25) is 0 Å². The number of hydrogen-bond donors (Lipinski definition) is 2. The lowest BCUT2D eigenvalue weighted by atomic mass is 9.92. The highest BCUT2D eigenvalue weighted by molar-refractivity contribution is 5.91. The molecular formula is C23H26N4O3. The summed E-state index contributed by atoms with van der Waals surface area (Å²) in [4.78, 5) is 22.1. The summed E-state index contributed by atoms with van der Waals surface area (Å²) in [6, 6.07) is 13.2. The van der Waals surface area contributed by atoms with Gasteiger partial charge in [-0.2, -0.15) is 4.98 Å². The number of carbonyl (C=O) groups is 1. The Morgan fingerprint density at radius 1 is 1.17 bits per heavy atom. The fourth-order valence-electron chi connectivity index (χ4n) is 3.84. The van der Waals surface area contributed by atoms with E-state index in [9.17, 15) is 9.90 Å². The number of amides is 1. The van der Waals surface area contributed by atoms with Gasteiger partial charge in [-0.15, -0.1) is 0 Å². The fraction of sp³-hybridized carbons (Fsp3) is 0.435. The van der Waals surface area contributed by atoms with Gasteiger partial charge in [-0.1, -0.05) is 30.3 Å². The first-order valence-corrected chi connectivity index (χ1v) is 10.6. The van der Waals surface area contributed by atoms with Gasteiger partial charge in [0.05, 0.1) is 12.0 Å². The van der Waals surface area contributed by atoms with Gasteiger partial charge in [0.2, 0.25) is 17.7 Å². The monoisotopic (exact) mass is 406 g/mol. The third-order valence-electron chi connectivity index (χ3n) is 5.92. The summed E-state index contributed by atoms with van der Waals surface area (Å²) in [5, 5.41) is 13.7. The molecule has 1 aromatic carbocycles. The van der Waals surface area contributed by atoms with Gasteiger partial charge in [0.25, 0.3) is 0 Å². The van der Waals surface area contributed by atoms with Crippen LogP contribution in [0.5, 0.6) is 5.88 Å². The number of nitrogens with zero attached hydrogens (tertiary/aromatic N) is 3. The number of ether oxygens (including phenoxy) is 1. The van der Waals surface area contributed by atoms with Crippen molar-refractivity contribution >= 4 is 23.0 Å². The van der Waals surface area contributed by atoms with Crippen molar-refractivity contribution < 1.29 is 14.6 Å². The molecule has 2 aliphatic rings. The van der Waals surface area contributed by atoms with Crippen LogP contribution in [0.25, 0.3) is 11.2 Å². The third kappa shape index (κ3) is 3.77. The third-order valence-corrected chi connectivity index (χ3v) is 5.92. The molecule has 0 aliphatic heterocycles. The van der Waals surface area contributed by atoms with Gasteiger partial charge < -0.3 is 9.84 Å². The van der Waals surface area contributed by atoms with Crippen LogP contribution in [-0.2, 0) is 10.4 Å². The van der Waals surface area contributed by atoms with Gasteiger partial charge in [0.1, 0.15) is 11.6 Å². The van der Waals surface area contributed by atoms with Crippen molar-refractivity contribution in [2.75, 3.05) is 5.32 Å². The highest BCUT2D eigenvalue weighted by Gasteiger charge is 2.30. The van der Waals surface area contributed by atoms with Crippen LogP contribution in [0, 0.1) is 0 Å². The first kappa shape index (κ1) is 19.1. The molecule has 2 heterocycles. The first-order valence-electron chi connectivity index (χ1n) is 10.6. The quantitative estimate of drug-likeness (QED) is 0.620. The lowest BCUT2D eigenvalue weighted by molar-refractivity contribution is -0.120. The lowest BCUT2D eigenvalue weighted by Gasteiger charge is -2.29. The van der Waals surface area contributed by atoms with E-state index >= 15 is 0 Å². The molecule has 2 aliphatic carbocycles. The van der Waals surface area contributed by atoms with E-state index in [2.05, 4.69) is 15.3 Å². The molecular weight excluding hydrogens is 380 g/mol. The van der Waals surface area contributed by atoms with E-state index in [1.54, 1.807) is 6.92 Å². The molecule has 30 heavy (non-hydrogen) atoms. The summed E-state index contributed by atoms with van der Waals surface area (Å²) in [5.74, 6) is 0.809. The second kappa shape index (κ2) is 7.40. The molecule has 0 spiro atoms. The van der Waals surface area contributed by atoms with Crippen molar-refractivity contribution in [3.63, 3.8) is 0 Å². The van der Waals surface area contributed by atoms with E-state index in [1.807, 2.05) is 47.0 Å². The summed E-state index contributed by atoms with van der Waals surface area (Å²) >= 11 is 0. The van der Waals surface area contributed by atoms with Gasteiger partial charge >= 0.3 is 0 Å². The van der Waals surface area contributed by atoms with Crippen molar-refractivity contribution in [3.8, 4) is 5.88 Å². The van der Waals surface area contributed by atoms with Crippen LogP contribution < -0.4 is 10.1 Å². The number of carbonyl (C=O) groups excluding carboxylic acids is 1. The predicted octanol–water partition coefficient (Wildman–Crippen LogP) is 3.93. The Hall–Kier alpha value is -2.93. The van der Waals surface area contributed by atoms with Crippen molar-refractivity contribution in [1.82, 2.24) is 14.5 Å². The molecule has 5 rings (SSSR count). The molecule has 1 unspecified atom stereocenters. The fourth-order valence-corrected chi connectivity index (χ4v) is 3.84. The minimum absolute atomic E-state index is 0.0612. The largest absolute Gasteiger partial charge is 0.474 e. The van der Waals surface area contributed by atoms with Gasteiger partial charge in [-0.25, -0.2) is 4.98 Å². The van der Waals surface area contributed by atoms with E-state index in [4.69, 9.17) is 4.74 Å². The van der Waals surface area contributed by atoms with Crippen LogP contribution in [0.3, 0.4) is 0 Å². The van der Waals surface area contributed by atoms with E-state index < -0.39 is 5.60 Å². The molecule has 0 radical (unpaired) electrons. The smallest absolute Gasteiger partial charge is 0.229 e. The number of rotatable bonds is 7. The summed E-state index contributed by atoms with van der Waals surface area (Å²) in [6.45, 7) is 1.65. The number of anilines is 1. The number of aliphatic hydroxyl groups is 1. The minimum Gasteiger partial charge on any atom is -0.474 e. The number of imidazole rings is 1. The predicted molar refractivity (Wildman–Crippen MR) is 113 cm³/mol. The normalized spacial score (nSPS) is 18.6. The Kier molecular flexibility index (Phi) is 4.70. The zero-order valence-electron chi connectivity index (χ0n) is 17.0. The van der Waals surface area contributed by atoms with Crippen molar-refractivity contribution in [1.29, 1.82) is 0 Å². The average molecular weight is 406 g/mol. The molecule has 0 bridgehead atoms. The lowest BCUT2D eigenvalue weighted by Crippen LogP contribution is -2.30. The number of benzene rings is 1. The van der Waals surface area contributed by atoms with Gasteiger partial charge in [-0.05, 0) is 50.7 Å². The summed E-state index contributed by atoms with van der Waals surface area (Å²) < 4.78 is 7.87. The molecule has 2 fully saturated rings. The maximum absolute atomic E-state index is 12.8. The van der Waals surface area contributed by atoms with E-state index in [1.165, 1.54) is 0 Å². The Labute approximate surface area is 175 Å². The SMILES string of the molecule is CC(O)(CC(=O)Nc1nc2ccc(OC3CC3)nc2n1C1CCC1)c1ccccc1. The van der Waals surface area contributed by atoms with Crippen molar-refractivity contribution in [2.45, 2.75) is 63.2 Å². The van der Waals surface area contributed by atoms with Crippen LogP contribution in [0.4, 0.5) is 5.95 Å². The number of nitrogens with one attached hydrogen (secondary N) is 1. The van der Waals surface area contributed by atoms with E-state index in [0.717, 1.165) is 43.3 Å². The molecule has 0 saturated heterocycles. The van der Waals surface area contributed by atoms with Crippen molar-refractivity contribution in [2.24, 2.45) is 0 Å². The zero-order chi connectivity index (χ0) is 20.7. The molecule has 1 amide bonds. The van der Waals surface area contributed by atoms with Crippen molar-refractivity contribution in [3.05, 3.63) is 48.0 Å². The Morgan fingerprint density at radius 3 is 2.60 bits per heavy atom. The number of fused-ring (bicyclic) bond motifs is 1. The molecule has 2 saturated carbocycles. The summed E-state index contributed by atoms with van der Waals surface area (Å²) in [5.41, 5.74) is 0.914. The molecule has 7 heteroatoms. The summed E-state index contributed by atoms with van der Waals surface area (Å²) in [7, 11) is 0. The maximum atomic E-state index is 12.8. The minimum atomic E-state index is -1.26. The molecule has 2 aromatic heterocycles. The van der Waals surface area contributed by atoms with Crippen LogP contribution in [0.15, 0.2) is 42.5 Å². The van der Waals surface area contributed by atoms with Crippen LogP contribution in [-0.4, -0.2) is 31.7 Å². The molecule has 1 atom stereocenters. The second-order valence-corrected chi connectivity index (χ2v) is 8.56. The Balaban J connectivity index is 1.41. The number of aromatic nitrogens is 3. The number of hydrogen-bond acceptors (Lipinski definition) is 5. The molecule has 2 N–H and O–H groups in total. The van der Waals surface area contributed by atoms with Gasteiger partial charge in [0.15, 0.2) is 5.65 Å². The topological polar surface area (TPSA) is 89.3 Å². The second-order valence-electron chi connectivity index (χ2n) is 8.56. The van der Waals surface area contributed by atoms with Gasteiger partial charge in [0, 0.05) is 12.1 Å². The molecule has 7 nitrogen and oxygen atoms in total. The average Bonchev–Trinajstić information content (AvgIpc) is 3.43. The van der Waals surface area contributed by atoms with E-state index in [0.29, 0.717) is 17.4 Å². The highest BCUT2D eigenvalue weighted by atomic mass is 16.5. The maximum Gasteiger partial charge on any atom is 0.229 e. The van der Waals surface area contributed by atoms with Crippen LogP contribution in [0.1, 0.15) is 57.1 Å². The number of pyridine rings is 1. The standard InChI is InChI=1S/C23H26N4O3/c1-23(29,15-6-3-2-4-7-15)14-19(28)25-22-24-18-12-13-20(30-17-10-11-17)26-21(18)27(22)16-8-5-9-16/h2-4,6-7,12-13,16-17,29H,5,8-11,14H2,1H3,(H,24,25,28). The van der Waals surface area contributed by atoms with Crippen LogP contribution >= 0.6 is 0 Å². The first-order chi connectivity index (χ1) is 14.5. The van der Waals surface area contributed by atoms with Gasteiger partial charge in [-0.3, -0.25) is 14.7 Å². The Bertz CT molecular complexity index is 1070. The zero-order valence-corrected chi connectivity index (χ0v) is 17.0. The molecule has 156 valence electrons. The van der Waals surface area contributed by atoms with E-state index in [-0.39, 0.29) is 24.5 Å².